The SMILES string of the molecule is CCn1c(-c2cccnc2C(C)C)c2c3cc(ccc31)-c1csc(n1)C[C@H](NC(=O)[C@H](C(C)C)N(C)C(=O)N1CC[C@H]1CN(C)C(=O)[C@@H]1CN1)C(=O)N1CCC[C@H](N1)C(=O)OCC(C)(C)C2. The molecule has 3 N–H and O–H groups in total. The maximum absolute atomic E-state index is 14.7. The zero-order chi connectivity index (χ0) is 47.2. The number of aryl methyl sites for hydroxylation is 1. The lowest BCUT2D eigenvalue weighted by atomic mass is 9.84. The van der Waals surface area contributed by atoms with Gasteiger partial charge < -0.3 is 34.6 Å². The number of cyclic esters (lactones) is 1. The number of hydrazine groups is 1. The van der Waals surface area contributed by atoms with Gasteiger partial charge in [-0.1, -0.05) is 47.6 Å². The monoisotopic (exact) mass is 922 g/mol. The molecule has 0 saturated carbocycles. The number of esters is 1. The van der Waals surface area contributed by atoms with Gasteiger partial charge in [-0.15, -0.1) is 11.3 Å². The molecule has 0 radical (unpaired) electrons. The molecule has 6 bridgehead atoms. The fourth-order valence-electron chi connectivity index (χ4n) is 9.88. The van der Waals surface area contributed by atoms with Crippen LogP contribution in [0.25, 0.3) is 33.4 Å². The first kappa shape index (κ1) is 47.1. The molecule has 5 amide bonds. The van der Waals surface area contributed by atoms with Crippen LogP contribution in [0.15, 0.2) is 41.9 Å². The molecule has 5 atom stereocenters. The largest absolute Gasteiger partial charge is 0.464 e. The number of fused-ring (bicyclic) bond motifs is 6. The average Bonchev–Trinajstić information content (AvgIpc) is 3.96. The Labute approximate surface area is 391 Å². The van der Waals surface area contributed by atoms with E-state index in [-0.39, 0.29) is 48.9 Å². The molecule has 4 aromatic rings. The van der Waals surface area contributed by atoms with Crippen LogP contribution in [0.3, 0.4) is 0 Å². The van der Waals surface area contributed by atoms with Crippen molar-refractivity contribution < 1.29 is 28.7 Å². The second-order valence-corrected chi connectivity index (χ2v) is 20.9. The summed E-state index contributed by atoms with van der Waals surface area (Å²) in [5, 5.41) is 11.2. The van der Waals surface area contributed by atoms with E-state index in [1.807, 2.05) is 31.5 Å². The highest BCUT2D eigenvalue weighted by atomic mass is 32.1. The van der Waals surface area contributed by atoms with Gasteiger partial charge in [0.2, 0.25) is 11.8 Å². The van der Waals surface area contributed by atoms with Crippen molar-refractivity contribution in [2.45, 2.75) is 123 Å². The highest BCUT2D eigenvalue weighted by molar-refractivity contribution is 7.10. The van der Waals surface area contributed by atoms with Crippen molar-refractivity contribution in [3.05, 3.63) is 58.2 Å². The molecule has 16 nitrogen and oxygen atoms in total. The molecule has 3 aromatic heterocycles. The molecule has 4 aliphatic rings. The Morgan fingerprint density at radius 2 is 1.85 bits per heavy atom. The minimum absolute atomic E-state index is 0.00659. The fourth-order valence-corrected chi connectivity index (χ4v) is 10.7. The fraction of sp³-hybridized carbons (Fsp3) is 0.571. The Kier molecular flexibility index (Phi) is 13.6. The average molecular weight is 923 g/mol. The van der Waals surface area contributed by atoms with Crippen molar-refractivity contribution in [2.75, 3.05) is 46.9 Å². The molecule has 17 heteroatoms. The molecule has 7 heterocycles. The highest BCUT2D eigenvalue weighted by Crippen LogP contribution is 2.42. The van der Waals surface area contributed by atoms with Crippen LogP contribution in [0, 0.1) is 11.3 Å². The van der Waals surface area contributed by atoms with Gasteiger partial charge in [-0.2, -0.15) is 0 Å². The first-order chi connectivity index (χ1) is 31.5. The third-order valence-corrected chi connectivity index (χ3v) is 14.4. The number of likely N-dealkylation sites (N-methyl/N-ethyl adjacent to an activating group) is 2. The maximum atomic E-state index is 14.7. The van der Waals surface area contributed by atoms with Crippen molar-refractivity contribution in [1.29, 1.82) is 0 Å². The third-order valence-electron chi connectivity index (χ3n) is 13.5. The van der Waals surface area contributed by atoms with Crippen LogP contribution in [-0.4, -0.2) is 141 Å². The standard InChI is InChI=1S/C49H66N10O6S/c1-10-57-39-16-15-30-21-33(39)34(43(57)32-13-11-18-50-41(32)28(2)3)23-49(6,7)27-65-47(63)35-14-12-19-59(54-35)46(62)36(22-40-52-38(30)26-66-40)53-44(60)42(29(4)5)56(9)48(64)58-20-17-31(58)25-55(8)45(61)37-24-51-37/h11,13,15-16,18,21,26,28-29,31,35-37,42,51,54H,10,12,14,17,19-20,22-25,27H2,1-9H3,(H,53,60)/t31-,35-,36-,37-,42-/m0/s1. The van der Waals surface area contributed by atoms with Crippen LogP contribution in [0.2, 0.25) is 0 Å². The molecule has 3 saturated heterocycles. The van der Waals surface area contributed by atoms with Crippen molar-refractivity contribution in [1.82, 2.24) is 50.3 Å². The van der Waals surface area contributed by atoms with Crippen LogP contribution in [0.4, 0.5) is 4.79 Å². The summed E-state index contributed by atoms with van der Waals surface area (Å²) in [7, 11) is 3.37. The van der Waals surface area contributed by atoms with Crippen molar-refractivity contribution in [3.63, 3.8) is 0 Å². The Balaban J connectivity index is 1.12. The molecule has 66 heavy (non-hydrogen) atoms. The quantitative estimate of drug-likeness (QED) is 0.141. The van der Waals surface area contributed by atoms with E-state index in [0.29, 0.717) is 50.4 Å². The molecule has 0 unspecified atom stereocenters. The number of aromatic nitrogens is 3. The Hall–Kier alpha value is -5.39. The maximum Gasteiger partial charge on any atom is 0.324 e. The summed E-state index contributed by atoms with van der Waals surface area (Å²) in [5.74, 6) is -1.43. The number of likely N-dealkylation sites (tertiary alicyclic amines) is 1. The summed E-state index contributed by atoms with van der Waals surface area (Å²) in [6.45, 7) is 17.3. The predicted octanol–water partition coefficient (Wildman–Crippen LogP) is 5.20. The van der Waals surface area contributed by atoms with E-state index in [4.69, 9.17) is 14.7 Å². The summed E-state index contributed by atoms with van der Waals surface area (Å²) >= 11 is 1.42. The molecule has 3 fully saturated rings. The molecule has 4 aliphatic heterocycles. The summed E-state index contributed by atoms with van der Waals surface area (Å²) in [6.07, 6.45) is 4.34. The van der Waals surface area contributed by atoms with E-state index in [0.717, 1.165) is 57.6 Å². The van der Waals surface area contributed by atoms with E-state index in [9.17, 15) is 24.0 Å². The lowest BCUT2D eigenvalue weighted by Gasteiger charge is -2.45. The third kappa shape index (κ3) is 9.56. The topological polar surface area (TPSA) is 184 Å². The number of amides is 5. The normalized spacial score (nSPS) is 22.4. The van der Waals surface area contributed by atoms with Crippen molar-refractivity contribution in [2.24, 2.45) is 11.3 Å². The zero-order valence-electron chi connectivity index (χ0n) is 39.8. The van der Waals surface area contributed by atoms with Gasteiger partial charge >= 0.3 is 12.0 Å². The lowest BCUT2D eigenvalue weighted by molar-refractivity contribution is -0.155. The Bertz CT molecular complexity index is 2490. The van der Waals surface area contributed by atoms with Gasteiger partial charge in [0.1, 0.15) is 18.1 Å². The number of carbonyl (C=O) groups is 5. The second kappa shape index (κ2) is 19.1. The second-order valence-electron chi connectivity index (χ2n) is 19.9. The molecule has 0 spiro atoms. The molecular weight excluding hydrogens is 857 g/mol. The molecule has 8 rings (SSSR count). The van der Waals surface area contributed by atoms with Gasteiger partial charge in [-0.3, -0.25) is 29.2 Å². The predicted molar refractivity (Wildman–Crippen MR) is 254 cm³/mol. The van der Waals surface area contributed by atoms with Gasteiger partial charge in [-0.05, 0) is 74.3 Å². The van der Waals surface area contributed by atoms with E-state index < -0.39 is 41.3 Å². The highest BCUT2D eigenvalue weighted by Gasteiger charge is 2.42. The number of thiazole rings is 1. The number of hydrogen-bond donors (Lipinski definition) is 3. The summed E-state index contributed by atoms with van der Waals surface area (Å²) in [5.41, 5.74) is 9.81. The Morgan fingerprint density at radius 1 is 1.08 bits per heavy atom. The number of carbonyl (C=O) groups excluding carboxylic acids is 5. The minimum atomic E-state index is -1.07. The van der Waals surface area contributed by atoms with Gasteiger partial charge in [0, 0.05) is 92.3 Å². The van der Waals surface area contributed by atoms with Crippen LogP contribution in [0.1, 0.15) is 89.9 Å². The zero-order valence-corrected chi connectivity index (χ0v) is 40.7. The first-order valence-corrected chi connectivity index (χ1v) is 24.5. The van der Waals surface area contributed by atoms with Crippen molar-refractivity contribution in [3.8, 4) is 22.5 Å². The number of pyridine rings is 1. The van der Waals surface area contributed by atoms with Gasteiger partial charge in [-0.25, -0.2) is 15.2 Å². The molecule has 354 valence electrons. The van der Waals surface area contributed by atoms with Gasteiger partial charge in [0.15, 0.2) is 0 Å². The Morgan fingerprint density at radius 3 is 2.53 bits per heavy atom. The number of nitrogens with zero attached hydrogens (tertiary/aromatic N) is 7. The smallest absolute Gasteiger partial charge is 0.324 e. The van der Waals surface area contributed by atoms with E-state index >= 15 is 0 Å². The molecule has 1 aromatic carbocycles. The number of hydrogen-bond acceptors (Lipinski definition) is 11. The number of benzene rings is 1. The number of rotatable bonds is 10. The summed E-state index contributed by atoms with van der Waals surface area (Å²) in [6, 6.07) is 7.20. The van der Waals surface area contributed by atoms with E-state index in [1.165, 1.54) is 21.2 Å². The minimum Gasteiger partial charge on any atom is -0.464 e. The van der Waals surface area contributed by atoms with E-state index in [1.54, 1.807) is 23.9 Å². The first-order valence-electron chi connectivity index (χ1n) is 23.6. The number of urea groups is 1. The van der Waals surface area contributed by atoms with Crippen LogP contribution < -0.4 is 16.1 Å². The van der Waals surface area contributed by atoms with Crippen molar-refractivity contribution >= 4 is 52.0 Å². The molecular formula is C49H66N10O6S. The summed E-state index contributed by atoms with van der Waals surface area (Å²) < 4.78 is 8.48. The number of ether oxygens (including phenoxy) is 1. The van der Waals surface area contributed by atoms with Crippen LogP contribution >= 0.6 is 11.3 Å². The number of nitrogens with one attached hydrogen (secondary N) is 3. The van der Waals surface area contributed by atoms with Crippen LogP contribution in [0.5, 0.6) is 0 Å². The molecule has 0 aliphatic carbocycles. The van der Waals surface area contributed by atoms with Gasteiger partial charge in [0.25, 0.3) is 5.91 Å². The van der Waals surface area contributed by atoms with E-state index in [2.05, 4.69) is 79.5 Å². The lowest BCUT2D eigenvalue weighted by Crippen LogP contribution is -2.64. The summed E-state index contributed by atoms with van der Waals surface area (Å²) in [4.78, 5) is 84.6. The van der Waals surface area contributed by atoms with Gasteiger partial charge in [0.05, 0.1) is 40.8 Å². The van der Waals surface area contributed by atoms with Crippen LogP contribution in [-0.2, 0) is 43.3 Å².